The van der Waals surface area contributed by atoms with Gasteiger partial charge in [0.25, 0.3) is 0 Å². The summed E-state index contributed by atoms with van der Waals surface area (Å²) < 4.78 is 0. The minimum absolute atomic E-state index is 0.427. The zero-order valence-electron chi connectivity index (χ0n) is 8.32. The summed E-state index contributed by atoms with van der Waals surface area (Å²) in [4.78, 5) is 2.17. The van der Waals surface area contributed by atoms with E-state index in [0.29, 0.717) is 12.6 Å². The van der Waals surface area contributed by atoms with E-state index in [1.165, 1.54) is 0 Å². The van der Waals surface area contributed by atoms with Gasteiger partial charge in [0.1, 0.15) is 5.01 Å². The predicted molar refractivity (Wildman–Crippen MR) is 56.2 cm³/mol. The Balaban J connectivity index is 2.75. The van der Waals surface area contributed by atoms with E-state index in [4.69, 9.17) is 5.73 Å². The first-order chi connectivity index (χ1) is 6.15. The summed E-state index contributed by atoms with van der Waals surface area (Å²) in [7, 11) is 0. The molecule has 0 atom stereocenters. The summed E-state index contributed by atoms with van der Waals surface area (Å²) in [5.74, 6) is 0. The lowest BCUT2D eigenvalue weighted by Gasteiger charge is -2.24. The van der Waals surface area contributed by atoms with Crippen molar-refractivity contribution in [1.82, 2.24) is 10.2 Å². The van der Waals surface area contributed by atoms with Crippen LogP contribution < -0.4 is 10.6 Å². The van der Waals surface area contributed by atoms with Gasteiger partial charge >= 0.3 is 0 Å². The molecule has 0 bridgehead atoms. The summed E-state index contributed by atoms with van der Waals surface area (Å²) in [5, 5.41) is 10.1. The molecule has 74 valence electrons. The number of aromatic nitrogens is 2. The minimum atomic E-state index is 0.427. The van der Waals surface area contributed by atoms with Crippen molar-refractivity contribution in [3.05, 3.63) is 5.01 Å². The first kappa shape index (κ1) is 10.4. The molecular weight excluding hydrogens is 184 g/mol. The maximum atomic E-state index is 5.53. The quantitative estimate of drug-likeness (QED) is 0.788. The molecule has 0 amide bonds. The average molecular weight is 200 g/mol. The minimum Gasteiger partial charge on any atom is -0.343 e. The first-order valence-corrected chi connectivity index (χ1v) is 5.23. The molecule has 0 aliphatic heterocycles. The Morgan fingerprint density at radius 2 is 2.15 bits per heavy atom. The SMILES string of the molecule is Cc1nnc(N(CCN)C(C)C)s1. The van der Waals surface area contributed by atoms with E-state index < -0.39 is 0 Å². The van der Waals surface area contributed by atoms with Gasteiger partial charge in [-0.25, -0.2) is 0 Å². The highest BCUT2D eigenvalue weighted by atomic mass is 32.1. The number of nitrogens with two attached hydrogens (primary N) is 1. The van der Waals surface area contributed by atoms with Crippen LogP contribution in [0.4, 0.5) is 5.13 Å². The van der Waals surface area contributed by atoms with Crippen molar-refractivity contribution in [2.45, 2.75) is 26.8 Å². The molecule has 0 unspecified atom stereocenters. The second-order valence-electron chi connectivity index (χ2n) is 3.18. The summed E-state index contributed by atoms with van der Waals surface area (Å²) >= 11 is 1.61. The van der Waals surface area contributed by atoms with Crippen LogP contribution in [-0.4, -0.2) is 29.3 Å². The number of hydrogen-bond acceptors (Lipinski definition) is 5. The van der Waals surface area contributed by atoms with Crippen molar-refractivity contribution in [3.8, 4) is 0 Å². The molecule has 1 heterocycles. The van der Waals surface area contributed by atoms with E-state index >= 15 is 0 Å². The van der Waals surface area contributed by atoms with E-state index in [0.717, 1.165) is 16.7 Å². The average Bonchev–Trinajstić information content (AvgIpc) is 2.46. The number of anilines is 1. The lowest BCUT2D eigenvalue weighted by Crippen LogP contribution is -2.35. The van der Waals surface area contributed by atoms with Gasteiger partial charge in [0.05, 0.1) is 0 Å². The smallest absolute Gasteiger partial charge is 0.208 e. The summed E-state index contributed by atoms with van der Waals surface area (Å²) in [6.45, 7) is 7.71. The monoisotopic (exact) mass is 200 g/mol. The third-order valence-electron chi connectivity index (χ3n) is 1.75. The molecule has 4 nitrogen and oxygen atoms in total. The van der Waals surface area contributed by atoms with Gasteiger partial charge in [-0.3, -0.25) is 0 Å². The Bertz CT molecular complexity index is 258. The number of hydrogen-bond donors (Lipinski definition) is 1. The van der Waals surface area contributed by atoms with Crippen LogP contribution in [-0.2, 0) is 0 Å². The molecule has 0 saturated carbocycles. The predicted octanol–water partition coefficient (Wildman–Crippen LogP) is 1.02. The van der Waals surface area contributed by atoms with Gasteiger partial charge in [0, 0.05) is 19.1 Å². The standard InChI is InChI=1S/C8H16N4S/c1-6(2)12(5-4-9)8-11-10-7(3)13-8/h6H,4-5,9H2,1-3H3. The lowest BCUT2D eigenvalue weighted by molar-refractivity contribution is 0.677. The van der Waals surface area contributed by atoms with Crippen LogP contribution >= 0.6 is 11.3 Å². The van der Waals surface area contributed by atoms with Crippen molar-refractivity contribution >= 4 is 16.5 Å². The van der Waals surface area contributed by atoms with Crippen molar-refractivity contribution in [2.75, 3.05) is 18.0 Å². The van der Waals surface area contributed by atoms with E-state index in [1.54, 1.807) is 11.3 Å². The van der Waals surface area contributed by atoms with E-state index in [-0.39, 0.29) is 0 Å². The fraction of sp³-hybridized carbons (Fsp3) is 0.750. The van der Waals surface area contributed by atoms with Crippen molar-refractivity contribution < 1.29 is 0 Å². The summed E-state index contributed by atoms with van der Waals surface area (Å²) in [5.41, 5.74) is 5.53. The Kier molecular flexibility index (Phi) is 3.62. The van der Waals surface area contributed by atoms with Crippen molar-refractivity contribution in [2.24, 2.45) is 5.73 Å². The zero-order valence-corrected chi connectivity index (χ0v) is 9.14. The van der Waals surface area contributed by atoms with Crippen molar-refractivity contribution in [1.29, 1.82) is 0 Å². The van der Waals surface area contributed by atoms with E-state index in [2.05, 4.69) is 28.9 Å². The molecule has 1 aromatic rings. The molecule has 1 aromatic heterocycles. The Morgan fingerprint density at radius 3 is 2.54 bits per heavy atom. The van der Waals surface area contributed by atoms with Crippen LogP contribution in [0.15, 0.2) is 0 Å². The highest BCUT2D eigenvalue weighted by molar-refractivity contribution is 7.15. The molecule has 0 radical (unpaired) electrons. The summed E-state index contributed by atoms with van der Waals surface area (Å²) in [6.07, 6.45) is 0. The van der Waals surface area contributed by atoms with Crippen LogP contribution in [0.2, 0.25) is 0 Å². The maximum Gasteiger partial charge on any atom is 0.208 e. The normalized spacial score (nSPS) is 10.8. The second kappa shape index (κ2) is 4.53. The van der Waals surface area contributed by atoms with Crippen LogP contribution in [0.25, 0.3) is 0 Å². The molecule has 0 aromatic carbocycles. The number of rotatable bonds is 4. The molecular formula is C8H16N4S. The van der Waals surface area contributed by atoms with Gasteiger partial charge in [-0.1, -0.05) is 11.3 Å². The Morgan fingerprint density at radius 1 is 1.46 bits per heavy atom. The van der Waals surface area contributed by atoms with Crippen LogP contribution in [0.3, 0.4) is 0 Å². The maximum absolute atomic E-state index is 5.53. The van der Waals surface area contributed by atoms with Gasteiger partial charge in [-0.05, 0) is 20.8 Å². The van der Waals surface area contributed by atoms with Crippen LogP contribution in [0.5, 0.6) is 0 Å². The molecule has 5 heteroatoms. The summed E-state index contributed by atoms with van der Waals surface area (Å²) in [6, 6.07) is 0.427. The Labute approximate surface area is 82.8 Å². The van der Waals surface area contributed by atoms with Gasteiger partial charge in [-0.2, -0.15) is 0 Å². The number of nitrogens with zero attached hydrogens (tertiary/aromatic N) is 3. The highest BCUT2D eigenvalue weighted by Crippen LogP contribution is 2.20. The fourth-order valence-electron chi connectivity index (χ4n) is 1.12. The third-order valence-corrected chi connectivity index (χ3v) is 2.63. The molecule has 0 aliphatic carbocycles. The Hall–Kier alpha value is -0.680. The molecule has 0 aliphatic rings. The topological polar surface area (TPSA) is 55.0 Å². The second-order valence-corrected chi connectivity index (χ2v) is 4.34. The van der Waals surface area contributed by atoms with Gasteiger partial charge in [-0.15, -0.1) is 10.2 Å². The van der Waals surface area contributed by atoms with Gasteiger partial charge in [0.15, 0.2) is 0 Å². The zero-order chi connectivity index (χ0) is 9.84. The molecule has 0 saturated heterocycles. The van der Waals surface area contributed by atoms with Crippen molar-refractivity contribution in [3.63, 3.8) is 0 Å². The highest BCUT2D eigenvalue weighted by Gasteiger charge is 2.13. The molecule has 2 N–H and O–H groups in total. The van der Waals surface area contributed by atoms with Gasteiger partial charge < -0.3 is 10.6 Å². The lowest BCUT2D eigenvalue weighted by atomic mass is 10.3. The van der Waals surface area contributed by atoms with E-state index in [9.17, 15) is 0 Å². The molecule has 13 heavy (non-hydrogen) atoms. The van der Waals surface area contributed by atoms with Crippen LogP contribution in [0, 0.1) is 6.92 Å². The number of aryl methyl sites for hydroxylation is 1. The fourth-order valence-corrected chi connectivity index (χ4v) is 1.96. The largest absolute Gasteiger partial charge is 0.343 e. The third kappa shape index (κ3) is 2.63. The van der Waals surface area contributed by atoms with Crippen LogP contribution in [0.1, 0.15) is 18.9 Å². The van der Waals surface area contributed by atoms with E-state index in [1.807, 2.05) is 6.92 Å². The first-order valence-electron chi connectivity index (χ1n) is 4.42. The molecule has 0 spiro atoms. The molecule has 0 fully saturated rings. The molecule has 1 rings (SSSR count). The van der Waals surface area contributed by atoms with Gasteiger partial charge in [0.2, 0.25) is 5.13 Å².